The monoisotopic (exact) mass is 243 g/mol. The molecule has 0 aromatic carbocycles. The molecule has 0 amide bonds. The molecule has 6 N–H and O–H groups in total. The number of hydrogen-bond acceptors (Lipinski definition) is 5. The first-order valence-corrected chi connectivity index (χ1v) is 4.48. The molecular weight excluding hydrogens is 234 g/mol. The van der Waals surface area contributed by atoms with Gasteiger partial charge in [-0.2, -0.15) is 5.10 Å². The van der Waals surface area contributed by atoms with Crippen LogP contribution in [0.2, 0.25) is 0 Å². The number of nitrogens with two attached hydrogens (primary N) is 1. The summed E-state index contributed by atoms with van der Waals surface area (Å²) in [6, 6.07) is 0. The Kier molecular flexibility index (Phi) is 3.40. The van der Waals surface area contributed by atoms with Gasteiger partial charge in [-0.15, -0.1) is 0 Å². The molecule has 0 radical (unpaired) electrons. The number of aromatic hydroxyl groups is 1. The van der Waals surface area contributed by atoms with E-state index in [1.54, 1.807) is 0 Å². The summed E-state index contributed by atoms with van der Waals surface area (Å²) in [6.07, 6.45) is 0. The van der Waals surface area contributed by atoms with Crippen LogP contribution in [-0.2, 0) is 0 Å². The van der Waals surface area contributed by atoms with Crippen molar-refractivity contribution in [1.29, 1.82) is 0 Å². The second kappa shape index (κ2) is 4.57. The van der Waals surface area contributed by atoms with Gasteiger partial charge in [0.25, 0.3) is 5.56 Å². The number of thiocarbonyl (C=S) groups is 1. The third-order valence-electron chi connectivity index (χ3n) is 1.62. The minimum absolute atomic E-state index is 0.0836. The van der Waals surface area contributed by atoms with E-state index in [-0.39, 0.29) is 16.4 Å². The van der Waals surface area contributed by atoms with E-state index in [9.17, 15) is 14.7 Å². The van der Waals surface area contributed by atoms with Crippen molar-refractivity contribution >= 4 is 23.0 Å². The molecule has 0 aliphatic carbocycles. The molecule has 1 aromatic rings. The number of rotatable bonds is 2. The van der Waals surface area contributed by atoms with E-state index in [1.807, 2.05) is 9.97 Å². The second-order valence-corrected chi connectivity index (χ2v) is 3.24. The second-order valence-electron chi connectivity index (χ2n) is 2.81. The molecule has 9 heteroatoms. The number of aromatic amines is 2. The van der Waals surface area contributed by atoms with Crippen LogP contribution in [0.3, 0.4) is 0 Å². The van der Waals surface area contributed by atoms with Crippen molar-refractivity contribution in [2.45, 2.75) is 6.92 Å². The lowest BCUT2D eigenvalue weighted by Gasteiger charge is -2.02. The number of nitrogens with one attached hydrogen (secondary N) is 3. The van der Waals surface area contributed by atoms with Crippen LogP contribution in [0.1, 0.15) is 12.5 Å². The van der Waals surface area contributed by atoms with Gasteiger partial charge in [-0.25, -0.2) is 4.79 Å². The highest BCUT2D eigenvalue weighted by Gasteiger charge is 2.11. The Morgan fingerprint density at radius 1 is 1.50 bits per heavy atom. The number of aromatic nitrogens is 2. The van der Waals surface area contributed by atoms with E-state index < -0.39 is 17.1 Å². The van der Waals surface area contributed by atoms with Crippen LogP contribution < -0.4 is 22.4 Å². The Labute approximate surface area is 94.2 Å². The van der Waals surface area contributed by atoms with Crippen LogP contribution in [-0.4, -0.2) is 25.9 Å². The van der Waals surface area contributed by atoms with E-state index in [4.69, 9.17) is 5.73 Å². The maximum atomic E-state index is 11.3. The van der Waals surface area contributed by atoms with Gasteiger partial charge >= 0.3 is 5.69 Å². The molecule has 8 nitrogen and oxygen atoms in total. The molecule has 1 rings (SSSR count). The molecule has 1 aromatic heterocycles. The first-order valence-electron chi connectivity index (χ1n) is 4.07. The highest BCUT2D eigenvalue weighted by molar-refractivity contribution is 7.80. The fraction of sp³-hybridized carbons (Fsp3) is 0.143. The summed E-state index contributed by atoms with van der Waals surface area (Å²) < 4.78 is 0. The topological polar surface area (TPSA) is 136 Å². The Hall–Kier alpha value is -2.16. The Bertz CT molecular complexity index is 558. The van der Waals surface area contributed by atoms with Gasteiger partial charge in [0.05, 0.1) is 5.71 Å². The van der Waals surface area contributed by atoms with Crippen molar-refractivity contribution in [3.8, 4) is 5.88 Å². The fourth-order valence-electron chi connectivity index (χ4n) is 1.00. The van der Waals surface area contributed by atoms with Gasteiger partial charge in [0.15, 0.2) is 5.11 Å². The molecule has 86 valence electrons. The summed E-state index contributed by atoms with van der Waals surface area (Å²) in [6.45, 7) is 1.44. The minimum Gasteiger partial charge on any atom is -0.494 e. The van der Waals surface area contributed by atoms with E-state index in [0.717, 1.165) is 0 Å². The van der Waals surface area contributed by atoms with Gasteiger partial charge in [-0.3, -0.25) is 20.2 Å². The lowest BCUT2D eigenvalue weighted by atomic mass is 10.2. The predicted octanol–water partition coefficient (Wildman–Crippen LogP) is -1.67. The summed E-state index contributed by atoms with van der Waals surface area (Å²) in [5, 5.41) is 12.9. The third kappa shape index (κ3) is 2.67. The Morgan fingerprint density at radius 3 is 2.62 bits per heavy atom. The third-order valence-corrected chi connectivity index (χ3v) is 1.71. The first-order chi connectivity index (χ1) is 7.41. The molecule has 16 heavy (non-hydrogen) atoms. The van der Waals surface area contributed by atoms with Gasteiger partial charge in [0.2, 0.25) is 5.88 Å². The highest BCUT2D eigenvalue weighted by Crippen LogP contribution is 2.05. The van der Waals surface area contributed by atoms with E-state index >= 15 is 0 Å². The van der Waals surface area contributed by atoms with Crippen LogP contribution in [0.5, 0.6) is 5.88 Å². The number of hydrogen-bond donors (Lipinski definition) is 5. The zero-order valence-electron chi connectivity index (χ0n) is 8.20. The van der Waals surface area contributed by atoms with E-state index in [1.165, 1.54) is 6.92 Å². The largest absolute Gasteiger partial charge is 0.494 e. The standard InChI is InChI=1S/C7H9N5O3S/c1-2(11-12-6(8)16)3-4(13)9-7(15)10-5(3)14/h1H3,(H3,8,12,16)(H3,9,10,13,14,15)/b11-2+. The predicted molar refractivity (Wildman–Crippen MR) is 61.5 cm³/mol. The average Bonchev–Trinajstić information content (AvgIpc) is 2.12. The Morgan fingerprint density at radius 2 is 2.12 bits per heavy atom. The summed E-state index contributed by atoms with van der Waals surface area (Å²) in [7, 11) is 0. The maximum Gasteiger partial charge on any atom is 0.328 e. The van der Waals surface area contributed by atoms with E-state index in [0.29, 0.717) is 0 Å². The molecular formula is C7H9N5O3S. The lowest BCUT2D eigenvalue weighted by Crippen LogP contribution is -2.29. The van der Waals surface area contributed by atoms with Crippen molar-refractivity contribution in [1.82, 2.24) is 15.4 Å². The van der Waals surface area contributed by atoms with Crippen molar-refractivity contribution in [2.75, 3.05) is 0 Å². The molecule has 0 spiro atoms. The highest BCUT2D eigenvalue weighted by atomic mass is 32.1. The van der Waals surface area contributed by atoms with Gasteiger partial charge < -0.3 is 10.8 Å². The molecule has 0 unspecified atom stereocenters. The van der Waals surface area contributed by atoms with Crippen LogP contribution in [0, 0.1) is 0 Å². The molecule has 0 bridgehead atoms. The van der Waals surface area contributed by atoms with Crippen molar-refractivity contribution in [2.24, 2.45) is 10.8 Å². The van der Waals surface area contributed by atoms with Gasteiger partial charge in [0, 0.05) is 0 Å². The van der Waals surface area contributed by atoms with Crippen molar-refractivity contribution in [3.05, 3.63) is 26.4 Å². The van der Waals surface area contributed by atoms with E-state index in [2.05, 4.69) is 22.7 Å². The molecule has 0 saturated carbocycles. The zero-order chi connectivity index (χ0) is 12.3. The summed E-state index contributed by atoms with van der Waals surface area (Å²) in [5.74, 6) is -0.570. The molecule has 1 heterocycles. The molecule has 0 aliphatic heterocycles. The molecule has 0 atom stereocenters. The zero-order valence-corrected chi connectivity index (χ0v) is 9.01. The molecule has 0 fully saturated rings. The maximum absolute atomic E-state index is 11.3. The van der Waals surface area contributed by atoms with Crippen molar-refractivity contribution in [3.63, 3.8) is 0 Å². The average molecular weight is 243 g/mol. The van der Waals surface area contributed by atoms with Gasteiger partial charge in [0.1, 0.15) is 5.56 Å². The summed E-state index contributed by atoms with van der Waals surface area (Å²) >= 11 is 4.50. The number of hydrazone groups is 1. The first kappa shape index (κ1) is 11.9. The minimum atomic E-state index is -0.804. The van der Waals surface area contributed by atoms with Gasteiger partial charge in [-0.05, 0) is 19.1 Å². The summed E-state index contributed by atoms with van der Waals surface area (Å²) in [5.41, 5.74) is 5.78. The summed E-state index contributed by atoms with van der Waals surface area (Å²) in [4.78, 5) is 26.1. The normalized spacial score (nSPS) is 11.2. The van der Waals surface area contributed by atoms with Crippen LogP contribution >= 0.6 is 12.2 Å². The van der Waals surface area contributed by atoms with Crippen LogP contribution in [0.15, 0.2) is 14.7 Å². The SMILES string of the molecule is C/C(=N\NC(N)=S)c1c(O)[nH]c(=O)[nH]c1=O. The molecule has 0 aliphatic rings. The van der Waals surface area contributed by atoms with Gasteiger partial charge in [-0.1, -0.05) is 0 Å². The van der Waals surface area contributed by atoms with Crippen LogP contribution in [0.25, 0.3) is 0 Å². The molecule has 0 saturated heterocycles. The quantitative estimate of drug-likeness (QED) is 0.239. The Balaban J connectivity index is 3.24. The van der Waals surface area contributed by atoms with Crippen molar-refractivity contribution < 1.29 is 5.11 Å². The lowest BCUT2D eigenvalue weighted by molar-refractivity contribution is 0.447. The number of H-pyrrole nitrogens is 2. The smallest absolute Gasteiger partial charge is 0.328 e. The van der Waals surface area contributed by atoms with Crippen LogP contribution in [0.4, 0.5) is 0 Å². The number of nitrogens with zero attached hydrogens (tertiary/aromatic N) is 1. The fourth-order valence-corrected chi connectivity index (χ4v) is 1.05.